The van der Waals surface area contributed by atoms with Crippen molar-refractivity contribution in [1.29, 1.82) is 0 Å². The number of pyridine rings is 1. The number of nitrogens with one attached hydrogen (secondary N) is 1. The first-order chi connectivity index (χ1) is 14.6. The Morgan fingerprint density at radius 1 is 1.27 bits per heavy atom. The van der Waals surface area contributed by atoms with Crippen LogP contribution < -0.4 is 5.32 Å². The number of aromatic nitrogens is 4. The smallest absolute Gasteiger partial charge is 0.271 e. The van der Waals surface area contributed by atoms with Crippen LogP contribution in [-0.2, 0) is 7.05 Å². The quantitative estimate of drug-likeness (QED) is 0.495. The van der Waals surface area contributed by atoms with Crippen LogP contribution in [0.2, 0.25) is 5.02 Å². The molecule has 0 unspecified atom stereocenters. The molecule has 1 atom stereocenters. The van der Waals surface area contributed by atoms with Crippen molar-refractivity contribution in [3.05, 3.63) is 64.4 Å². The number of carbonyl (C=O) groups excluding carboxylic acids is 1. The lowest BCUT2D eigenvalue weighted by Gasteiger charge is -2.25. The van der Waals surface area contributed by atoms with Crippen LogP contribution in [0, 0.1) is 0 Å². The zero-order valence-electron chi connectivity index (χ0n) is 16.2. The van der Waals surface area contributed by atoms with Gasteiger partial charge in [-0.05, 0) is 49.2 Å². The highest BCUT2D eigenvalue weighted by Crippen LogP contribution is 2.34. The molecule has 1 aromatic carbocycles. The molecule has 1 N–H and O–H groups in total. The summed E-state index contributed by atoms with van der Waals surface area (Å²) in [5, 5.41) is 13.3. The van der Waals surface area contributed by atoms with Crippen LogP contribution in [0.3, 0.4) is 0 Å². The van der Waals surface area contributed by atoms with Gasteiger partial charge in [0, 0.05) is 29.5 Å². The Balaban J connectivity index is 1.44. The van der Waals surface area contributed by atoms with Gasteiger partial charge in [-0.2, -0.15) is 0 Å². The molecule has 1 amide bonds. The maximum Gasteiger partial charge on any atom is 0.271 e. The van der Waals surface area contributed by atoms with E-state index in [1.54, 1.807) is 5.51 Å². The lowest BCUT2D eigenvalue weighted by molar-refractivity contribution is 0.0724. The van der Waals surface area contributed by atoms with E-state index in [2.05, 4.69) is 15.5 Å². The Morgan fingerprint density at radius 2 is 2.17 bits per heavy atom. The summed E-state index contributed by atoms with van der Waals surface area (Å²) in [6.45, 7) is 0.710. The summed E-state index contributed by atoms with van der Waals surface area (Å²) in [6, 6.07) is 13.3. The Morgan fingerprint density at radius 3 is 3.00 bits per heavy atom. The van der Waals surface area contributed by atoms with E-state index in [0.29, 0.717) is 28.2 Å². The van der Waals surface area contributed by atoms with Crippen LogP contribution in [0.4, 0.5) is 10.9 Å². The molecule has 1 saturated heterocycles. The number of anilines is 2. The number of halogens is 1. The van der Waals surface area contributed by atoms with Crippen molar-refractivity contribution in [2.45, 2.75) is 18.9 Å². The van der Waals surface area contributed by atoms with E-state index in [1.165, 1.54) is 11.3 Å². The number of amides is 1. The second-order valence-electron chi connectivity index (χ2n) is 7.26. The van der Waals surface area contributed by atoms with E-state index in [-0.39, 0.29) is 11.9 Å². The molecule has 5 rings (SSSR count). The maximum atomic E-state index is 13.5. The predicted octanol–water partition coefficient (Wildman–Crippen LogP) is 4.80. The summed E-state index contributed by atoms with van der Waals surface area (Å²) in [5.41, 5.74) is 4.18. The first-order valence-corrected chi connectivity index (χ1v) is 10.9. The summed E-state index contributed by atoms with van der Waals surface area (Å²) >= 11 is 7.54. The third-order valence-corrected chi connectivity index (χ3v) is 6.29. The van der Waals surface area contributed by atoms with Gasteiger partial charge in [-0.15, -0.1) is 10.2 Å². The Kier molecular flexibility index (Phi) is 4.88. The fourth-order valence-corrected chi connectivity index (χ4v) is 4.67. The highest BCUT2D eigenvalue weighted by Gasteiger charge is 2.33. The second-order valence-corrected chi connectivity index (χ2v) is 8.53. The molecule has 0 saturated carbocycles. The minimum atomic E-state index is -0.0599. The van der Waals surface area contributed by atoms with Crippen molar-refractivity contribution >= 4 is 50.7 Å². The number of hydrogen-bond acceptors (Lipinski definition) is 6. The molecule has 4 aromatic rings. The monoisotopic (exact) mass is 438 g/mol. The largest absolute Gasteiger partial charge is 0.340 e. The minimum absolute atomic E-state index is 0.0107. The van der Waals surface area contributed by atoms with Gasteiger partial charge in [-0.3, -0.25) is 4.79 Å². The third-order valence-electron chi connectivity index (χ3n) is 5.44. The van der Waals surface area contributed by atoms with Gasteiger partial charge in [-0.25, -0.2) is 4.98 Å². The molecule has 0 aliphatic carbocycles. The fourth-order valence-electron chi connectivity index (χ4n) is 4.03. The van der Waals surface area contributed by atoms with Gasteiger partial charge < -0.3 is 14.8 Å². The molecule has 0 radical (unpaired) electrons. The standard InChI is InChI=1S/C21H19ClN6OS/c1-27-16-8-7-14(22)10-13(16)11-18(27)20(29)28-9-3-5-17(28)15-4-2-6-19(24-15)25-21-26-23-12-30-21/h2,4,6-8,10-12,17H,3,5,9H2,1H3,(H,24,25,26)/t17-/m1/s1. The van der Waals surface area contributed by atoms with Crippen LogP contribution in [0.25, 0.3) is 10.9 Å². The molecule has 1 fully saturated rings. The first kappa shape index (κ1) is 19.0. The predicted molar refractivity (Wildman–Crippen MR) is 118 cm³/mol. The Bertz CT molecular complexity index is 1220. The third kappa shape index (κ3) is 3.42. The van der Waals surface area contributed by atoms with Gasteiger partial charge in [0.2, 0.25) is 5.13 Å². The summed E-state index contributed by atoms with van der Waals surface area (Å²) in [7, 11) is 1.92. The Hall–Kier alpha value is -2.97. The van der Waals surface area contributed by atoms with Gasteiger partial charge in [0.1, 0.15) is 17.0 Å². The number of hydrogen-bond donors (Lipinski definition) is 1. The van der Waals surface area contributed by atoms with Gasteiger partial charge >= 0.3 is 0 Å². The molecule has 1 aliphatic heterocycles. The molecule has 9 heteroatoms. The number of aryl methyl sites for hydroxylation is 1. The summed E-state index contributed by atoms with van der Waals surface area (Å²) in [5.74, 6) is 0.708. The second kappa shape index (κ2) is 7.70. The average molecular weight is 439 g/mol. The molecular formula is C21H19ClN6OS. The molecule has 4 heterocycles. The van der Waals surface area contributed by atoms with Crippen LogP contribution in [0.5, 0.6) is 0 Å². The molecule has 30 heavy (non-hydrogen) atoms. The van der Waals surface area contributed by atoms with Crippen LogP contribution in [0.15, 0.2) is 48.0 Å². The van der Waals surface area contributed by atoms with Crippen LogP contribution in [0.1, 0.15) is 35.1 Å². The van der Waals surface area contributed by atoms with Gasteiger partial charge in [0.25, 0.3) is 5.91 Å². The Labute approximate surface area is 182 Å². The van der Waals surface area contributed by atoms with E-state index >= 15 is 0 Å². The molecule has 152 valence electrons. The molecule has 1 aliphatic rings. The van der Waals surface area contributed by atoms with Gasteiger partial charge in [-0.1, -0.05) is 29.0 Å². The molecule has 3 aromatic heterocycles. The number of carbonyl (C=O) groups is 1. The van der Waals surface area contributed by atoms with E-state index < -0.39 is 0 Å². The van der Waals surface area contributed by atoms with Crippen molar-refractivity contribution in [1.82, 2.24) is 24.6 Å². The first-order valence-electron chi connectivity index (χ1n) is 9.66. The van der Waals surface area contributed by atoms with Gasteiger partial charge in [0.05, 0.1) is 11.7 Å². The van der Waals surface area contributed by atoms with Crippen molar-refractivity contribution in [2.24, 2.45) is 7.05 Å². The number of fused-ring (bicyclic) bond motifs is 1. The van der Waals surface area contributed by atoms with Gasteiger partial charge in [0.15, 0.2) is 0 Å². The van der Waals surface area contributed by atoms with Crippen molar-refractivity contribution < 1.29 is 4.79 Å². The van der Waals surface area contributed by atoms with Crippen molar-refractivity contribution in [3.8, 4) is 0 Å². The molecule has 0 spiro atoms. The molecule has 0 bridgehead atoms. The maximum absolute atomic E-state index is 13.5. The number of benzene rings is 1. The average Bonchev–Trinajstić information content (AvgIpc) is 3.48. The minimum Gasteiger partial charge on any atom is -0.340 e. The van der Waals surface area contributed by atoms with E-state index in [1.807, 2.05) is 59.0 Å². The number of rotatable bonds is 4. The van der Waals surface area contributed by atoms with Crippen molar-refractivity contribution in [3.63, 3.8) is 0 Å². The van der Waals surface area contributed by atoms with Crippen LogP contribution in [-0.4, -0.2) is 37.1 Å². The highest BCUT2D eigenvalue weighted by atomic mass is 35.5. The zero-order valence-corrected chi connectivity index (χ0v) is 17.8. The van der Waals surface area contributed by atoms with E-state index in [4.69, 9.17) is 16.6 Å². The lowest BCUT2D eigenvalue weighted by atomic mass is 10.1. The molecular weight excluding hydrogens is 420 g/mol. The number of likely N-dealkylation sites (tertiary alicyclic amines) is 1. The normalized spacial score (nSPS) is 16.3. The van der Waals surface area contributed by atoms with Crippen LogP contribution >= 0.6 is 22.9 Å². The lowest BCUT2D eigenvalue weighted by Crippen LogP contribution is -2.32. The van der Waals surface area contributed by atoms with E-state index in [9.17, 15) is 4.79 Å². The van der Waals surface area contributed by atoms with Crippen molar-refractivity contribution in [2.75, 3.05) is 11.9 Å². The number of nitrogens with zero attached hydrogens (tertiary/aromatic N) is 5. The SMILES string of the molecule is Cn1c(C(=O)N2CCC[C@@H]2c2cccc(Nc3nncs3)n2)cc2cc(Cl)ccc21. The topological polar surface area (TPSA) is 75.9 Å². The fraction of sp³-hybridized carbons (Fsp3) is 0.238. The summed E-state index contributed by atoms with van der Waals surface area (Å²) in [6.07, 6.45) is 1.83. The highest BCUT2D eigenvalue weighted by molar-refractivity contribution is 7.13. The summed E-state index contributed by atoms with van der Waals surface area (Å²) in [4.78, 5) is 20.1. The molecule has 7 nitrogen and oxygen atoms in total. The summed E-state index contributed by atoms with van der Waals surface area (Å²) < 4.78 is 1.93. The van der Waals surface area contributed by atoms with E-state index in [0.717, 1.165) is 29.4 Å². The zero-order chi connectivity index (χ0) is 20.7.